The molecule has 12 heteroatoms. The molecule has 0 saturated carbocycles. The zero-order chi connectivity index (χ0) is 34.3. The molecule has 0 aliphatic carbocycles. The number of aliphatic hydroxyl groups excluding tert-OH is 4. The number of carbonyl (C=O) groups is 1. The SMILES string of the molecule is COc1ccc(-c2cc(-c3cc(CO)c(CO)c(CO)c3)on2)cc1OCCCOc1ccc(C2NC(=O)c3ccccc3N2)cc1CO. The third-order valence-electron chi connectivity index (χ3n) is 8.33. The summed E-state index contributed by atoms with van der Waals surface area (Å²) in [5.74, 6) is 1.85. The highest BCUT2D eigenvalue weighted by Crippen LogP contribution is 2.35. The second-order valence-corrected chi connectivity index (χ2v) is 11.4. The highest BCUT2D eigenvalue weighted by atomic mass is 16.5. The maximum atomic E-state index is 12.6. The molecule has 49 heavy (non-hydrogen) atoms. The van der Waals surface area contributed by atoms with Crippen LogP contribution in [0.4, 0.5) is 5.69 Å². The van der Waals surface area contributed by atoms with Crippen LogP contribution in [0.2, 0.25) is 0 Å². The molecule has 1 atom stereocenters. The number of nitrogens with one attached hydrogen (secondary N) is 2. The molecule has 1 aliphatic heterocycles. The quantitative estimate of drug-likeness (QED) is 0.0907. The van der Waals surface area contributed by atoms with Crippen LogP contribution in [0.15, 0.2) is 83.4 Å². The van der Waals surface area contributed by atoms with Crippen molar-refractivity contribution in [2.45, 2.75) is 39.0 Å². The standard InChI is InChI=1S/C37H37N3O9/c1-46-33-10-7-22(31-17-34(49-40-31)24-14-25(18-41)29(21-44)26(15-24)19-42)16-35(33)48-12-4-11-47-32-9-8-23(13-27(32)20-43)36-38-30-6-3-2-5-28(30)37(45)39-36/h2-3,5-10,13-17,36,38,41-44H,4,11-12,18-21H2,1H3,(H,39,45). The van der Waals surface area contributed by atoms with Gasteiger partial charge in [-0.25, -0.2) is 0 Å². The van der Waals surface area contributed by atoms with Crippen molar-refractivity contribution >= 4 is 11.6 Å². The third-order valence-corrected chi connectivity index (χ3v) is 8.33. The fraction of sp³-hybridized carbons (Fsp3) is 0.243. The largest absolute Gasteiger partial charge is 0.493 e. The van der Waals surface area contributed by atoms with Gasteiger partial charge in [0.05, 0.1) is 52.3 Å². The van der Waals surface area contributed by atoms with Gasteiger partial charge in [-0.05, 0) is 76.9 Å². The van der Waals surface area contributed by atoms with Gasteiger partial charge < -0.3 is 49.8 Å². The maximum absolute atomic E-state index is 12.6. The van der Waals surface area contributed by atoms with Crippen LogP contribution in [0.5, 0.6) is 17.2 Å². The van der Waals surface area contributed by atoms with E-state index in [4.69, 9.17) is 18.7 Å². The molecule has 6 rings (SSSR count). The van der Waals surface area contributed by atoms with E-state index >= 15 is 0 Å². The molecule has 6 N–H and O–H groups in total. The monoisotopic (exact) mass is 667 g/mol. The molecule has 12 nitrogen and oxygen atoms in total. The number of para-hydroxylation sites is 1. The first kappa shape index (κ1) is 33.5. The third kappa shape index (κ3) is 7.22. The zero-order valence-corrected chi connectivity index (χ0v) is 26.8. The molecule has 2 heterocycles. The predicted octanol–water partition coefficient (Wildman–Crippen LogP) is 4.69. The number of amides is 1. The Morgan fingerprint density at radius 2 is 1.45 bits per heavy atom. The lowest BCUT2D eigenvalue weighted by molar-refractivity contribution is 0.0935. The van der Waals surface area contributed by atoms with Crippen LogP contribution >= 0.6 is 0 Å². The lowest BCUT2D eigenvalue weighted by Gasteiger charge is -2.28. The molecule has 5 aromatic rings. The van der Waals surface area contributed by atoms with E-state index in [1.165, 1.54) is 0 Å². The number of carbonyl (C=O) groups excluding carboxylic acids is 1. The van der Waals surface area contributed by atoms with Gasteiger partial charge in [-0.15, -0.1) is 0 Å². The number of benzene rings is 4. The van der Waals surface area contributed by atoms with Crippen LogP contribution in [0.25, 0.3) is 22.6 Å². The van der Waals surface area contributed by atoms with Crippen molar-refractivity contribution in [3.8, 4) is 39.8 Å². The molecule has 1 unspecified atom stereocenters. The summed E-state index contributed by atoms with van der Waals surface area (Å²) >= 11 is 0. The van der Waals surface area contributed by atoms with Crippen molar-refractivity contribution in [2.24, 2.45) is 0 Å². The number of hydrogen-bond acceptors (Lipinski definition) is 11. The average Bonchev–Trinajstić information content (AvgIpc) is 3.64. The van der Waals surface area contributed by atoms with E-state index in [-0.39, 0.29) is 32.3 Å². The van der Waals surface area contributed by atoms with Gasteiger partial charge in [-0.2, -0.15) is 0 Å². The highest BCUT2D eigenvalue weighted by Gasteiger charge is 2.25. The summed E-state index contributed by atoms with van der Waals surface area (Å²) in [6.45, 7) is -0.491. The van der Waals surface area contributed by atoms with Crippen LogP contribution in [-0.2, 0) is 26.4 Å². The molecule has 1 aromatic heterocycles. The van der Waals surface area contributed by atoms with Gasteiger partial charge in [-0.1, -0.05) is 23.4 Å². The van der Waals surface area contributed by atoms with Crippen molar-refractivity contribution in [3.05, 3.63) is 112 Å². The molecule has 4 aromatic carbocycles. The molecule has 254 valence electrons. The fourth-order valence-corrected chi connectivity index (χ4v) is 5.76. The van der Waals surface area contributed by atoms with Crippen LogP contribution in [0.1, 0.15) is 50.8 Å². The summed E-state index contributed by atoms with van der Waals surface area (Å²) in [6, 6.07) is 23.3. The molecule has 0 spiro atoms. The van der Waals surface area contributed by atoms with Gasteiger partial charge in [-0.3, -0.25) is 4.79 Å². The summed E-state index contributed by atoms with van der Waals surface area (Å²) in [5, 5.41) is 49.8. The van der Waals surface area contributed by atoms with E-state index < -0.39 is 6.17 Å². The summed E-state index contributed by atoms with van der Waals surface area (Å²) in [5.41, 5.74) is 6.06. The number of fused-ring (bicyclic) bond motifs is 1. The Bertz CT molecular complexity index is 1920. The maximum Gasteiger partial charge on any atom is 0.255 e. The molecular weight excluding hydrogens is 630 g/mol. The van der Waals surface area contributed by atoms with Crippen LogP contribution in [0.3, 0.4) is 0 Å². The minimum absolute atomic E-state index is 0.169. The summed E-state index contributed by atoms with van der Waals surface area (Å²) in [6.07, 6.45) is 0.0939. The second kappa shape index (κ2) is 15.2. The number of anilines is 1. The Kier molecular flexibility index (Phi) is 10.4. The molecule has 1 amide bonds. The lowest BCUT2D eigenvalue weighted by atomic mass is 9.97. The minimum Gasteiger partial charge on any atom is -0.493 e. The number of rotatable bonds is 14. The molecule has 0 fully saturated rings. The normalized spacial score (nSPS) is 13.7. The van der Waals surface area contributed by atoms with Gasteiger partial charge in [0.1, 0.15) is 17.6 Å². The number of aromatic nitrogens is 1. The average molecular weight is 668 g/mol. The van der Waals surface area contributed by atoms with Crippen LogP contribution < -0.4 is 24.8 Å². The van der Waals surface area contributed by atoms with Crippen molar-refractivity contribution in [1.82, 2.24) is 10.5 Å². The lowest BCUT2D eigenvalue weighted by Crippen LogP contribution is -2.38. The number of nitrogens with zero attached hydrogens (tertiary/aromatic N) is 1. The number of methoxy groups -OCH3 is 1. The number of ether oxygens (including phenoxy) is 3. The fourth-order valence-electron chi connectivity index (χ4n) is 5.76. The van der Waals surface area contributed by atoms with E-state index in [2.05, 4.69) is 15.8 Å². The minimum atomic E-state index is -0.443. The van der Waals surface area contributed by atoms with E-state index in [0.29, 0.717) is 81.7 Å². The predicted molar refractivity (Wildman–Crippen MR) is 180 cm³/mol. The van der Waals surface area contributed by atoms with E-state index in [1.807, 2.05) is 36.4 Å². The van der Waals surface area contributed by atoms with Gasteiger partial charge in [0, 0.05) is 34.9 Å². The molecule has 0 saturated heterocycles. The topological polar surface area (TPSA) is 176 Å². The summed E-state index contributed by atoms with van der Waals surface area (Å²) in [4.78, 5) is 12.6. The van der Waals surface area contributed by atoms with E-state index in [1.54, 1.807) is 49.6 Å². The Labute approximate surface area is 282 Å². The van der Waals surface area contributed by atoms with Gasteiger partial charge in [0.25, 0.3) is 5.91 Å². The molecule has 1 aliphatic rings. The van der Waals surface area contributed by atoms with Crippen molar-refractivity contribution < 1.29 is 44.0 Å². The first-order valence-electron chi connectivity index (χ1n) is 15.7. The Balaban J connectivity index is 1.08. The molecule has 0 bridgehead atoms. The van der Waals surface area contributed by atoms with Crippen molar-refractivity contribution in [2.75, 3.05) is 25.6 Å². The smallest absolute Gasteiger partial charge is 0.255 e. The van der Waals surface area contributed by atoms with Crippen molar-refractivity contribution in [3.63, 3.8) is 0 Å². The number of hydrogen-bond donors (Lipinski definition) is 6. The Morgan fingerprint density at radius 1 is 0.735 bits per heavy atom. The second-order valence-electron chi connectivity index (χ2n) is 11.4. The number of aliphatic hydroxyl groups is 4. The van der Waals surface area contributed by atoms with Crippen molar-refractivity contribution in [1.29, 1.82) is 0 Å². The summed E-state index contributed by atoms with van der Waals surface area (Å²) in [7, 11) is 1.56. The van der Waals surface area contributed by atoms with Gasteiger partial charge in [0.2, 0.25) is 0 Å². The first-order valence-corrected chi connectivity index (χ1v) is 15.7. The van der Waals surface area contributed by atoms with Gasteiger partial charge >= 0.3 is 0 Å². The molecular formula is C37H37N3O9. The Hall–Kier alpha value is -5.40. The first-order chi connectivity index (χ1) is 24.0. The van der Waals surface area contributed by atoms with Gasteiger partial charge in [0.15, 0.2) is 17.3 Å². The van der Waals surface area contributed by atoms with E-state index in [9.17, 15) is 25.2 Å². The summed E-state index contributed by atoms with van der Waals surface area (Å²) < 4.78 is 23.1. The highest BCUT2D eigenvalue weighted by molar-refractivity contribution is 6.01. The zero-order valence-electron chi connectivity index (χ0n) is 26.8. The van der Waals surface area contributed by atoms with Crippen LogP contribution in [0, 0.1) is 0 Å². The van der Waals surface area contributed by atoms with Crippen LogP contribution in [-0.4, -0.2) is 51.8 Å². The Morgan fingerprint density at radius 3 is 2.16 bits per heavy atom. The van der Waals surface area contributed by atoms with E-state index in [0.717, 1.165) is 16.8 Å². The molecule has 0 radical (unpaired) electrons.